The van der Waals surface area contributed by atoms with Crippen LogP contribution in [0.1, 0.15) is 0 Å². The summed E-state index contributed by atoms with van der Waals surface area (Å²) in [5.41, 5.74) is 0.743. The smallest absolute Gasteiger partial charge is 0.175 e. The van der Waals surface area contributed by atoms with Gasteiger partial charge in [0.05, 0.1) is 10.2 Å². The Morgan fingerprint density at radius 1 is 1.00 bits per heavy atom. The molecule has 2 rings (SSSR count). The molecule has 98 valence electrons. The molecule has 2 nitrogen and oxygen atoms in total. The Kier molecular flexibility index (Phi) is 4.44. The van der Waals surface area contributed by atoms with Gasteiger partial charge in [-0.05, 0) is 46.3 Å². The summed E-state index contributed by atoms with van der Waals surface area (Å²) in [5.74, 6) is -1.16. The fraction of sp³-hybridized carbons (Fsp3) is 0. The number of rotatable bonds is 2. The first-order valence-electron chi connectivity index (χ1n) is 5.34. The Hall–Kier alpha value is -1.53. The first kappa shape index (κ1) is 13.9. The summed E-state index contributed by atoms with van der Waals surface area (Å²) in [4.78, 5) is 0. The van der Waals surface area contributed by atoms with E-state index in [1.54, 1.807) is 0 Å². The fourth-order valence-corrected chi connectivity index (χ4v) is 1.97. The van der Waals surface area contributed by atoms with Crippen LogP contribution in [-0.2, 0) is 0 Å². The third kappa shape index (κ3) is 3.71. The van der Waals surface area contributed by atoms with Crippen molar-refractivity contribution in [3.8, 4) is 0 Å². The monoisotopic (exact) mass is 342 g/mol. The number of halogens is 3. The maximum absolute atomic E-state index is 13.6. The topological polar surface area (TPSA) is 24.1 Å². The minimum Gasteiger partial charge on any atom is -0.332 e. The molecule has 6 heteroatoms. The maximum atomic E-state index is 13.6. The molecule has 19 heavy (non-hydrogen) atoms. The number of hydrogen-bond acceptors (Lipinski definition) is 1. The molecule has 0 aromatic heterocycles. The first-order valence-corrected chi connectivity index (χ1v) is 6.54. The lowest BCUT2D eigenvalue weighted by atomic mass is 10.3. The van der Waals surface area contributed by atoms with Gasteiger partial charge in [0.1, 0.15) is 11.6 Å². The van der Waals surface area contributed by atoms with Gasteiger partial charge in [0.2, 0.25) is 0 Å². The van der Waals surface area contributed by atoms with Crippen molar-refractivity contribution in [3.05, 3.63) is 58.6 Å². The zero-order valence-corrected chi connectivity index (χ0v) is 12.0. The van der Waals surface area contributed by atoms with Gasteiger partial charge in [0, 0.05) is 11.8 Å². The van der Waals surface area contributed by atoms with E-state index in [0.29, 0.717) is 0 Å². The number of para-hydroxylation sites is 1. The quantitative estimate of drug-likeness (QED) is 0.619. The van der Waals surface area contributed by atoms with E-state index in [1.165, 1.54) is 0 Å². The van der Waals surface area contributed by atoms with Crippen molar-refractivity contribution in [1.29, 1.82) is 0 Å². The SMILES string of the molecule is Fc1cc(NC(=S)Nc2ccccc2)c(F)cc1Br. The van der Waals surface area contributed by atoms with E-state index in [2.05, 4.69) is 26.6 Å². The van der Waals surface area contributed by atoms with E-state index in [1.807, 2.05) is 30.3 Å². The number of benzene rings is 2. The van der Waals surface area contributed by atoms with E-state index in [-0.39, 0.29) is 15.3 Å². The Balaban J connectivity index is 2.09. The van der Waals surface area contributed by atoms with Gasteiger partial charge in [-0.1, -0.05) is 18.2 Å². The molecule has 0 amide bonds. The molecule has 0 fully saturated rings. The zero-order valence-electron chi connectivity index (χ0n) is 9.58. The van der Waals surface area contributed by atoms with Crippen LogP contribution in [0.2, 0.25) is 0 Å². The van der Waals surface area contributed by atoms with Crippen LogP contribution in [0, 0.1) is 11.6 Å². The normalized spacial score (nSPS) is 10.1. The fourth-order valence-electron chi connectivity index (χ4n) is 1.42. The molecule has 0 bridgehead atoms. The van der Waals surface area contributed by atoms with Crippen molar-refractivity contribution >= 4 is 44.6 Å². The van der Waals surface area contributed by atoms with E-state index in [9.17, 15) is 8.78 Å². The second-order valence-electron chi connectivity index (χ2n) is 3.69. The molecular weight excluding hydrogens is 334 g/mol. The summed E-state index contributed by atoms with van der Waals surface area (Å²) in [6, 6.07) is 11.3. The maximum Gasteiger partial charge on any atom is 0.175 e. The van der Waals surface area contributed by atoms with Gasteiger partial charge in [-0.15, -0.1) is 0 Å². The second-order valence-corrected chi connectivity index (χ2v) is 4.95. The summed E-state index contributed by atoms with van der Waals surface area (Å²) in [6.07, 6.45) is 0. The van der Waals surface area contributed by atoms with Crippen molar-refractivity contribution < 1.29 is 8.78 Å². The average Bonchev–Trinajstić information content (AvgIpc) is 2.37. The van der Waals surface area contributed by atoms with Gasteiger partial charge in [0.25, 0.3) is 0 Å². The Morgan fingerprint density at radius 2 is 1.68 bits per heavy atom. The van der Waals surface area contributed by atoms with Gasteiger partial charge in [-0.3, -0.25) is 0 Å². The minimum atomic E-state index is -0.592. The minimum absolute atomic E-state index is 0.0193. The highest BCUT2D eigenvalue weighted by Crippen LogP contribution is 2.23. The Bertz CT molecular complexity index is 605. The molecular formula is C13H9BrF2N2S. The zero-order chi connectivity index (χ0) is 13.8. The molecule has 0 spiro atoms. The lowest BCUT2D eigenvalue weighted by molar-refractivity contribution is 0.598. The van der Waals surface area contributed by atoms with Gasteiger partial charge in [-0.25, -0.2) is 8.78 Å². The molecule has 0 atom stereocenters. The van der Waals surface area contributed by atoms with Gasteiger partial charge in [0.15, 0.2) is 5.11 Å². The van der Waals surface area contributed by atoms with Crippen LogP contribution in [0.25, 0.3) is 0 Å². The van der Waals surface area contributed by atoms with E-state index in [4.69, 9.17) is 12.2 Å². The van der Waals surface area contributed by atoms with Crippen LogP contribution in [0.5, 0.6) is 0 Å². The van der Waals surface area contributed by atoms with Crippen LogP contribution in [0.15, 0.2) is 46.9 Å². The summed E-state index contributed by atoms with van der Waals surface area (Å²) in [7, 11) is 0. The van der Waals surface area contributed by atoms with Crippen molar-refractivity contribution in [3.63, 3.8) is 0 Å². The van der Waals surface area contributed by atoms with Crippen LogP contribution in [0.3, 0.4) is 0 Å². The average molecular weight is 343 g/mol. The van der Waals surface area contributed by atoms with Crippen molar-refractivity contribution in [1.82, 2.24) is 0 Å². The van der Waals surface area contributed by atoms with Crippen molar-refractivity contribution in [2.24, 2.45) is 0 Å². The second kappa shape index (κ2) is 6.08. The Morgan fingerprint density at radius 3 is 2.37 bits per heavy atom. The summed E-state index contributed by atoms with van der Waals surface area (Å²) < 4.78 is 27.0. The molecule has 0 aliphatic rings. The van der Waals surface area contributed by atoms with Crippen molar-refractivity contribution in [2.45, 2.75) is 0 Å². The third-order valence-electron chi connectivity index (χ3n) is 2.29. The van der Waals surface area contributed by atoms with Crippen LogP contribution < -0.4 is 10.6 Å². The van der Waals surface area contributed by atoms with E-state index in [0.717, 1.165) is 17.8 Å². The predicted molar refractivity (Wildman–Crippen MR) is 80.3 cm³/mol. The van der Waals surface area contributed by atoms with Gasteiger partial charge < -0.3 is 10.6 Å². The van der Waals surface area contributed by atoms with Gasteiger partial charge >= 0.3 is 0 Å². The third-order valence-corrected chi connectivity index (χ3v) is 3.10. The lowest BCUT2D eigenvalue weighted by Crippen LogP contribution is -2.19. The summed E-state index contributed by atoms with van der Waals surface area (Å²) in [5, 5.41) is 5.67. The summed E-state index contributed by atoms with van der Waals surface area (Å²) >= 11 is 7.94. The Labute approximate surface area is 123 Å². The molecule has 2 aromatic rings. The highest BCUT2D eigenvalue weighted by Gasteiger charge is 2.09. The molecule has 2 N–H and O–H groups in total. The van der Waals surface area contributed by atoms with Gasteiger partial charge in [-0.2, -0.15) is 0 Å². The molecule has 0 aliphatic carbocycles. The first-order chi connectivity index (χ1) is 9.06. The summed E-state index contributed by atoms with van der Waals surface area (Å²) in [6.45, 7) is 0. The van der Waals surface area contributed by atoms with Crippen molar-refractivity contribution in [2.75, 3.05) is 10.6 Å². The van der Waals surface area contributed by atoms with E-state index < -0.39 is 11.6 Å². The number of thiocarbonyl (C=S) groups is 1. The van der Waals surface area contributed by atoms with Crippen LogP contribution >= 0.6 is 28.1 Å². The standard InChI is InChI=1S/C13H9BrF2N2S/c14-9-6-11(16)12(7-10(9)15)18-13(19)17-8-4-2-1-3-5-8/h1-7H,(H2,17,18,19). The molecule has 0 saturated heterocycles. The number of anilines is 2. The molecule has 0 aliphatic heterocycles. The van der Waals surface area contributed by atoms with Crippen LogP contribution in [0.4, 0.5) is 20.2 Å². The molecule has 2 aromatic carbocycles. The molecule has 0 unspecified atom stereocenters. The lowest BCUT2D eigenvalue weighted by Gasteiger charge is -2.11. The predicted octanol–water partition coefficient (Wildman–Crippen LogP) is 4.54. The molecule has 0 saturated carbocycles. The van der Waals surface area contributed by atoms with Crippen LogP contribution in [-0.4, -0.2) is 5.11 Å². The molecule has 0 heterocycles. The number of nitrogens with one attached hydrogen (secondary N) is 2. The molecule has 0 radical (unpaired) electrons. The highest BCUT2D eigenvalue weighted by molar-refractivity contribution is 9.10. The number of hydrogen-bond donors (Lipinski definition) is 2. The van der Waals surface area contributed by atoms with E-state index >= 15 is 0 Å². The largest absolute Gasteiger partial charge is 0.332 e. The highest BCUT2D eigenvalue weighted by atomic mass is 79.9.